The van der Waals surface area contributed by atoms with Gasteiger partial charge in [0.25, 0.3) is 0 Å². The minimum absolute atomic E-state index is 0.616. The van der Waals surface area contributed by atoms with Gasteiger partial charge in [0, 0.05) is 72.9 Å². The van der Waals surface area contributed by atoms with E-state index in [0.717, 1.165) is 112 Å². The fourth-order valence-corrected chi connectivity index (χ4v) is 13.5. The number of hydrogen-bond acceptors (Lipinski definition) is 4. The van der Waals surface area contributed by atoms with Crippen LogP contribution in [-0.4, -0.2) is 23.7 Å². The van der Waals surface area contributed by atoms with E-state index in [1.807, 2.05) is 36.7 Å². The zero-order valence-corrected chi connectivity index (χ0v) is 42.3. The van der Waals surface area contributed by atoms with Crippen LogP contribution in [0.2, 0.25) is 0 Å². The Kier molecular flexibility index (Phi) is 8.99. The van der Waals surface area contributed by atoms with Crippen LogP contribution in [0.5, 0.6) is 11.5 Å². The van der Waals surface area contributed by atoms with E-state index in [4.69, 9.17) is 14.7 Å². The zero-order chi connectivity index (χ0) is 51.9. The lowest BCUT2D eigenvalue weighted by atomic mass is 9.66. The molecular weight excluding hydrogens is 965 g/mol. The maximum absolute atomic E-state index is 10.2. The molecule has 15 aromatic rings. The first-order valence-electron chi connectivity index (χ1n) is 26.7. The smallest absolute Gasteiger partial charge is 0.132 e. The van der Waals surface area contributed by atoms with Gasteiger partial charge in [-0.3, -0.25) is 9.97 Å². The molecule has 7 nitrogen and oxygen atoms in total. The summed E-state index contributed by atoms with van der Waals surface area (Å²) < 4.78 is 14.2. The molecule has 0 amide bonds. The molecule has 0 radical (unpaired) electrons. The molecule has 0 atom stereocenters. The number of nitriles is 1. The van der Waals surface area contributed by atoms with E-state index in [1.54, 1.807) is 0 Å². The topological polar surface area (TPSA) is 73.6 Å². The van der Waals surface area contributed by atoms with Crippen molar-refractivity contribution in [1.29, 1.82) is 5.26 Å². The third-order valence-electron chi connectivity index (χ3n) is 16.8. The first-order valence-corrected chi connectivity index (χ1v) is 26.7. The summed E-state index contributed by atoms with van der Waals surface area (Å²) in [6.07, 6.45) is 3.73. The van der Waals surface area contributed by atoms with Crippen LogP contribution in [0.25, 0.3) is 116 Å². The Hall–Kier alpha value is -10.8. The fourth-order valence-electron chi connectivity index (χ4n) is 13.5. The second-order valence-corrected chi connectivity index (χ2v) is 20.8. The van der Waals surface area contributed by atoms with Crippen molar-refractivity contribution < 1.29 is 4.74 Å². The van der Waals surface area contributed by atoms with Crippen LogP contribution in [0.1, 0.15) is 27.8 Å². The number of hydrogen-bond donors (Lipinski definition) is 0. The first-order chi connectivity index (χ1) is 39.1. The number of ether oxygens (including phenoxy) is 1. The standard InChI is InChI=1S/C72H42N6O/c73-43-44-22-32-65-55(38-44)57-40-45(24-34-67(57)78(65)51-29-27-50(28-30-51)77-62-19-7-4-14-52(62)53-15-5-8-20-63(53)77)47-26-35-68-61(41-47)72(59-17-10-36-74-70(59)71-60(72)18-11-37-75-71)58-31-23-48(42-69(58)79-68)46-25-33-66-56(39-46)54-16-6-9-21-64(54)76(66)49-12-2-1-3-13-49/h1-42H. The molecular formula is C72H42N6O. The summed E-state index contributed by atoms with van der Waals surface area (Å²) in [5.41, 5.74) is 20.1. The molecule has 17 rings (SSSR count). The highest BCUT2D eigenvalue weighted by Gasteiger charge is 2.52. The Bertz CT molecular complexity index is 5030. The Labute approximate surface area is 453 Å². The van der Waals surface area contributed by atoms with Crippen molar-refractivity contribution in [3.63, 3.8) is 0 Å². The fraction of sp³-hybridized carbons (Fsp3) is 0.0139. The van der Waals surface area contributed by atoms with E-state index >= 15 is 0 Å². The van der Waals surface area contributed by atoms with E-state index in [1.165, 1.54) is 38.1 Å². The molecule has 366 valence electrons. The monoisotopic (exact) mass is 1010 g/mol. The third kappa shape index (κ3) is 6.05. The van der Waals surface area contributed by atoms with E-state index < -0.39 is 5.41 Å². The Morgan fingerprint density at radius 3 is 1.35 bits per heavy atom. The van der Waals surface area contributed by atoms with Crippen LogP contribution in [0, 0.1) is 11.3 Å². The van der Waals surface area contributed by atoms with Crippen molar-refractivity contribution in [2.45, 2.75) is 5.41 Å². The van der Waals surface area contributed by atoms with E-state index in [-0.39, 0.29) is 0 Å². The number of aromatic nitrogens is 5. The molecule has 1 spiro atoms. The average Bonchev–Trinajstić information content (AvgIpc) is 4.44. The predicted octanol–water partition coefficient (Wildman–Crippen LogP) is 17.4. The number of para-hydroxylation sites is 4. The largest absolute Gasteiger partial charge is 0.457 e. The SMILES string of the molecule is N#Cc1ccc2c(c1)c1cc(-c3ccc4c(c3)C3(c5ccc(-c6ccc7c(c6)c6ccccc6n7-c6ccccc6)cc5O4)c4cccnc4-c4ncccc43)ccc1n2-c1ccc(-n2c3ccccc3c3ccccc32)cc1. The zero-order valence-electron chi connectivity index (χ0n) is 42.3. The van der Waals surface area contributed by atoms with Crippen molar-refractivity contribution in [2.24, 2.45) is 0 Å². The second kappa shape index (κ2) is 16.3. The first kappa shape index (κ1) is 43.4. The van der Waals surface area contributed by atoms with Crippen molar-refractivity contribution in [2.75, 3.05) is 0 Å². The third-order valence-corrected chi connectivity index (χ3v) is 16.8. The average molecular weight is 1010 g/mol. The minimum atomic E-state index is -0.787. The van der Waals surface area contributed by atoms with Gasteiger partial charge >= 0.3 is 0 Å². The summed E-state index contributed by atoms with van der Waals surface area (Å²) in [4.78, 5) is 10.1. The Balaban J connectivity index is 0.810. The van der Waals surface area contributed by atoms with Gasteiger partial charge in [-0.1, -0.05) is 115 Å². The van der Waals surface area contributed by atoms with Crippen molar-refractivity contribution in [3.05, 3.63) is 283 Å². The molecule has 0 N–H and O–H groups in total. The molecule has 2 aliphatic rings. The van der Waals surface area contributed by atoms with Crippen molar-refractivity contribution in [1.82, 2.24) is 23.7 Å². The van der Waals surface area contributed by atoms with Gasteiger partial charge in [-0.05, 0) is 161 Å². The number of nitrogens with zero attached hydrogens (tertiary/aromatic N) is 6. The van der Waals surface area contributed by atoms with Crippen molar-refractivity contribution >= 4 is 65.4 Å². The summed E-state index contributed by atoms with van der Waals surface area (Å²) >= 11 is 0. The van der Waals surface area contributed by atoms with E-state index in [2.05, 4.69) is 238 Å². The number of fused-ring (bicyclic) bond motifs is 18. The molecule has 0 saturated heterocycles. The lowest BCUT2D eigenvalue weighted by Gasteiger charge is -2.39. The van der Waals surface area contributed by atoms with Crippen LogP contribution < -0.4 is 4.74 Å². The van der Waals surface area contributed by atoms with Gasteiger partial charge in [-0.2, -0.15) is 5.26 Å². The van der Waals surface area contributed by atoms with Gasteiger partial charge in [0.05, 0.1) is 61.5 Å². The quantitative estimate of drug-likeness (QED) is 0.172. The second-order valence-electron chi connectivity index (χ2n) is 20.8. The normalized spacial score (nSPS) is 13.0. The number of rotatable bonds is 5. The Morgan fingerprint density at radius 1 is 0.329 bits per heavy atom. The van der Waals surface area contributed by atoms with Gasteiger partial charge < -0.3 is 18.4 Å². The van der Waals surface area contributed by atoms with Gasteiger partial charge in [0.1, 0.15) is 11.5 Å². The number of benzene rings is 10. The minimum Gasteiger partial charge on any atom is -0.457 e. The molecule has 0 bridgehead atoms. The molecule has 0 saturated carbocycles. The maximum atomic E-state index is 10.2. The van der Waals surface area contributed by atoms with E-state index in [0.29, 0.717) is 5.56 Å². The maximum Gasteiger partial charge on any atom is 0.132 e. The van der Waals surface area contributed by atoms with Gasteiger partial charge in [0.15, 0.2) is 0 Å². The summed E-state index contributed by atoms with van der Waals surface area (Å²) in [5.74, 6) is 1.57. The molecule has 10 aromatic carbocycles. The van der Waals surface area contributed by atoms with Crippen LogP contribution in [-0.2, 0) is 5.41 Å². The molecule has 0 fully saturated rings. The molecule has 6 heterocycles. The number of pyridine rings is 2. The molecule has 0 unspecified atom stereocenters. The highest BCUT2D eigenvalue weighted by molar-refractivity contribution is 6.13. The van der Waals surface area contributed by atoms with Crippen molar-refractivity contribution in [3.8, 4) is 68.3 Å². The lowest BCUT2D eigenvalue weighted by molar-refractivity contribution is 0.436. The highest BCUT2D eigenvalue weighted by Crippen LogP contribution is 2.62. The van der Waals surface area contributed by atoms with Gasteiger partial charge in [0.2, 0.25) is 0 Å². The summed E-state index contributed by atoms with van der Waals surface area (Å²) in [6.45, 7) is 0. The van der Waals surface area contributed by atoms with Gasteiger partial charge in [-0.15, -0.1) is 0 Å². The van der Waals surface area contributed by atoms with Crippen LogP contribution in [0.15, 0.2) is 255 Å². The molecule has 79 heavy (non-hydrogen) atoms. The summed E-state index contributed by atoms with van der Waals surface area (Å²) in [7, 11) is 0. The summed E-state index contributed by atoms with van der Waals surface area (Å²) in [5, 5.41) is 17.2. The molecule has 1 aliphatic carbocycles. The van der Waals surface area contributed by atoms with Crippen LogP contribution >= 0.6 is 0 Å². The van der Waals surface area contributed by atoms with Crippen LogP contribution in [0.4, 0.5) is 0 Å². The molecule has 5 aromatic heterocycles. The molecule has 1 aliphatic heterocycles. The van der Waals surface area contributed by atoms with Crippen LogP contribution in [0.3, 0.4) is 0 Å². The lowest BCUT2D eigenvalue weighted by Crippen LogP contribution is -2.32. The highest BCUT2D eigenvalue weighted by atomic mass is 16.5. The van der Waals surface area contributed by atoms with E-state index in [9.17, 15) is 5.26 Å². The predicted molar refractivity (Wildman–Crippen MR) is 318 cm³/mol. The summed E-state index contributed by atoms with van der Waals surface area (Å²) in [6, 6.07) is 89.1. The Morgan fingerprint density at radius 2 is 0.772 bits per heavy atom. The van der Waals surface area contributed by atoms with Gasteiger partial charge in [-0.25, -0.2) is 0 Å². The molecule has 7 heteroatoms.